The predicted molar refractivity (Wildman–Crippen MR) is 80.0 cm³/mol. The van der Waals surface area contributed by atoms with Gasteiger partial charge >= 0.3 is 0 Å². The molecule has 2 nitrogen and oxygen atoms in total. The van der Waals surface area contributed by atoms with Gasteiger partial charge in [0.2, 0.25) is 0 Å². The van der Waals surface area contributed by atoms with E-state index in [2.05, 4.69) is 24.1 Å². The van der Waals surface area contributed by atoms with Crippen LogP contribution in [-0.2, 0) is 6.54 Å². The number of nitrogens with one attached hydrogen (secondary N) is 1. The normalized spacial score (nSPS) is 30.6. The molecule has 4 heteroatoms. The van der Waals surface area contributed by atoms with E-state index in [1.807, 2.05) is 0 Å². The quantitative estimate of drug-likeness (QED) is 0.916. The topological polar surface area (TPSA) is 15.3 Å². The molecule has 0 amide bonds. The zero-order valence-electron chi connectivity index (χ0n) is 12.8. The maximum Gasteiger partial charge on any atom is 0.159 e. The summed E-state index contributed by atoms with van der Waals surface area (Å²) in [6, 6.07) is 4.76. The summed E-state index contributed by atoms with van der Waals surface area (Å²) in [4.78, 5) is 2.47. The molecule has 2 unspecified atom stereocenters. The van der Waals surface area contributed by atoms with Gasteiger partial charge in [0, 0.05) is 31.2 Å². The highest BCUT2D eigenvalue weighted by Crippen LogP contribution is 2.44. The van der Waals surface area contributed by atoms with Crippen LogP contribution in [0.4, 0.5) is 8.78 Å². The van der Waals surface area contributed by atoms with Gasteiger partial charge in [-0.2, -0.15) is 0 Å². The highest BCUT2D eigenvalue weighted by molar-refractivity contribution is 5.19. The first-order chi connectivity index (χ1) is 10.0. The largest absolute Gasteiger partial charge is 0.311 e. The number of hydrogen-bond acceptors (Lipinski definition) is 2. The van der Waals surface area contributed by atoms with E-state index in [-0.39, 0.29) is 5.54 Å². The van der Waals surface area contributed by atoms with Crippen molar-refractivity contribution in [1.82, 2.24) is 10.2 Å². The minimum Gasteiger partial charge on any atom is -0.311 e. The Morgan fingerprint density at radius 3 is 2.67 bits per heavy atom. The number of nitrogens with zero attached hydrogens (tertiary/aromatic N) is 1. The van der Waals surface area contributed by atoms with Crippen molar-refractivity contribution in [3.05, 3.63) is 35.4 Å². The van der Waals surface area contributed by atoms with Crippen molar-refractivity contribution in [2.45, 2.75) is 51.2 Å². The standard InChI is InChI=1S/C17H24F2N2/c1-3-14-10-21(17(2,11-20-14)13-5-6-13)9-12-4-7-15(18)16(19)8-12/h4,7-8,13-14,20H,3,5-6,9-11H2,1-2H3. The minimum absolute atomic E-state index is 0.135. The van der Waals surface area contributed by atoms with Crippen molar-refractivity contribution in [3.63, 3.8) is 0 Å². The molecule has 1 aromatic rings. The van der Waals surface area contributed by atoms with Crippen molar-refractivity contribution in [2.24, 2.45) is 5.92 Å². The van der Waals surface area contributed by atoms with Gasteiger partial charge in [-0.3, -0.25) is 4.90 Å². The zero-order chi connectivity index (χ0) is 15.0. The lowest BCUT2D eigenvalue weighted by Crippen LogP contribution is -2.63. The lowest BCUT2D eigenvalue weighted by molar-refractivity contribution is 0.0270. The third-order valence-electron chi connectivity index (χ3n) is 5.22. The summed E-state index contributed by atoms with van der Waals surface area (Å²) in [5.41, 5.74) is 0.994. The van der Waals surface area contributed by atoms with E-state index in [0.29, 0.717) is 12.6 Å². The average Bonchev–Trinajstić information content (AvgIpc) is 3.30. The van der Waals surface area contributed by atoms with Gasteiger partial charge in [0.1, 0.15) is 0 Å². The van der Waals surface area contributed by atoms with Crippen LogP contribution in [0, 0.1) is 17.6 Å². The highest BCUT2D eigenvalue weighted by atomic mass is 19.2. The monoisotopic (exact) mass is 294 g/mol. The molecule has 0 spiro atoms. The van der Waals surface area contributed by atoms with Gasteiger partial charge in [0.05, 0.1) is 0 Å². The molecule has 1 saturated carbocycles. The van der Waals surface area contributed by atoms with Crippen LogP contribution in [0.2, 0.25) is 0 Å². The number of piperazine rings is 1. The lowest BCUT2D eigenvalue weighted by atomic mass is 9.88. The molecule has 0 aromatic heterocycles. The smallest absolute Gasteiger partial charge is 0.159 e. The van der Waals surface area contributed by atoms with E-state index in [4.69, 9.17) is 0 Å². The third-order valence-corrected chi connectivity index (χ3v) is 5.22. The first-order valence-corrected chi connectivity index (χ1v) is 7.95. The summed E-state index contributed by atoms with van der Waals surface area (Å²) in [6.45, 7) is 7.15. The summed E-state index contributed by atoms with van der Waals surface area (Å²) in [5, 5.41) is 3.64. The van der Waals surface area contributed by atoms with Gasteiger partial charge in [-0.25, -0.2) is 8.78 Å². The maximum atomic E-state index is 13.4. The Kier molecular flexibility index (Phi) is 4.02. The molecule has 1 aromatic carbocycles. The van der Waals surface area contributed by atoms with Gasteiger partial charge in [-0.1, -0.05) is 13.0 Å². The molecule has 116 valence electrons. The Morgan fingerprint density at radius 1 is 1.29 bits per heavy atom. The van der Waals surface area contributed by atoms with Crippen LogP contribution in [-0.4, -0.2) is 29.6 Å². The molecule has 2 atom stereocenters. The second-order valence-corrected chi connectivity index (χ2v) is 6.75. The Bertz CT molecular complexity index is 516. The first-order valence-electron chi connectivity index (χ1n) is 7.95. The Labute approximate surface area is 125 Å². The van der Waals surface area contributed by atoms with Crippen molar-refractivity contribution in [1.29, 1.82) is 0 Å². The second kappa shape index (κ2) is 5.65. The molecule has 0 radical (unpaired) electrons. The molecule has 1 aliphatic heterocycles. The number of rotatable bonds is 4. The Balaban J connectivity index is 1.79. The van der Waals surface area contributed by atoms with Gasteiger partial charge in [0.25, 0.3) is 0 Å². The van der Waals surface area contributed by atoms with E-state index < -0.39 is 11.6 Å². The van der Waals surface area contributed by atoms with Gasteiger partial charge in [-0.05, 0) is 49.8 Å². The second-order valence-electron chi connectivity index (χ2n) is 6.75. The lowest BCUT2D eigenvalue weighted by Gasteiger charge is -2.48. The van der Waals surface area contributed by atoms with E-state index in [1.165, 1.54) is 25.0 Å². The summed E-state index contributed by atoms with van der Waals surface area (Å²) in [6.07, 6.45) is 3.65. The first kappa shape index (κ1) is 14.9. The van der Waals surface area contributed by atoms with Crippen LogP contribution in [0.25, 0.3) is 0 Å². The van der Waals surface area contributed by atoms with Crippen molar-refractivity contribution >= 4 is 0 Å². The van der Waals surface area contributed by atoms with Crippen LogP contribution in [0.1, 0.15) is 38.7 Å². The van der Waals surface area contributed by atoms with Crippen LogP contribution < -0.4 is 5.32 Å². The molecule has 21 heavy (non-hydrogen) atoms. The molecule has 1 aliphatic carbocycles. The van der Waals surface area contributed by atoms with Crippen molar-refractivity contribution < 1.29 is 8.78 Å². The van der Waals surface area contributed by atoms with E-state index in [9.17, 15) is 8.78 Å². The summed E-state index contributed by atoms with van der Waals surface area (Å²) < 4.78 is 26.5. The Morgan fingerprint density at radius 2 is 2.05 bits per heavy atom. The van der Waals surface area contributed by atoms with E-state index in [1.54, 1.807) is 6.07 Å². The molecule has 0 bridgehead atoms. The van der Waals surface area contributed by atoms with Crippen LogP contribution >= 0.6 is 0 Å². The number of hydrogen-bond donors (Lipinski definition) is 1. The molecule has 3 rings (SSSR count). The fourth-order valence-corrected chi connectivity index (χ4v) is 3.49. The zero-order valence-corrected chi connectivity index (χ0v) is 12.8. The van der Waals surface area contributed by atoms with Crippen LogP contribution in [0.3, 0.4) is 0 Å². The molecule has 1 N–H and O–H groups in total. The molecule has 1 saturated heterocycles. The van der Waals surface area contributed by atoms with Crippen LogP contribution in [0.15, 0.2) is 18.2 Å². The Hall–Kier alpha value is -1.00. The maximum absolute atomic E-state index is 13.4. The molecular weight excluding hydrogens is 270 g/mol. The van der Waals surface area contributed by atoms with Gasteiger partial charge in [-0.15, -0.1) is 0 Å². The average molecular weight is 294 g/mol. The summed E-state index contributed by atoms with van der Waals surface area (Å²) in [7, 11) is 0. The fraction of sp³-hybridized carbons (Fsp3) is 0.647. The molecule has 2 fully saturated rings. The van der Waals surface area contributed by atoms with Gasteiger partial charge in [0.15, 0.2) is 11.6 Å². The van der Waals surface area contributed by atoms with Crippen LogP contribution in [0.5, 0.6) is 0 Å². The van der Waals surface area contributed by atoms with E-state index in [0.717, 1.165) is 31.0 Å². The minimum atomic E-state index is -0.768. The highest BCUT2D eigenvalue weighted by Gasteiger charge is 2.47. The predicted octanol–water partition coefficient (Wildman–Crippen LogP) is 3.32. The molecule has 2 aliphatic rings. The van der Waals surface area contributed by atoms with Crippen molar-refractivity contribution in [2.75, 3.05) is 13.1 Å². The molecular formula is C17H24F2N2. The van der Waals surface area contributed by atoms with E-state index >= 15 is 0 Å². The number of halogens is 2. The van der Waals surface area contributed by atoms with Gasteiger partial charge < -0.3 is 5.32 Å². The fourth-order valence-electron chi connectivity index (χ4n) is 3.49. The molecule has 1 heterocycles. The summed E-state index contributed by atoms with van der Waals surface area (Å²) in [5.74, 6) is -0.786. The number of benzene rings is 1. The SMILES string of the molecule is CCC1CN(Cc2ccc(F)c(F)c2)C(C)(C2CC2)CN1. The van der Waals surface area contributed by atoms with Crippen molar-refractivity contribution in [3.8, 4) is 0 Å². The summed E-state index contributed by atoms with van der Waals surface area (Å²) >= 11 is 0. The third kappa shape index (κ3) is 2.97.